The molecule has 0 heterocycles. The second-order valence-corrected chi connectivity index (χ2v) is 9.64. The smallest absolute Gasteiger partial charge is 0.440 e. The lowest BCUT2D eigenvalue weighted by Gasteiger charge is -2.20. The van der Waals surface area contributed by atoms with E-state index < -0.39 is 12.8 Å². The molecule has 0 amide bonds. The van der Waals surface area contributed by atoms with Gasteiger partial charge in [0, 0.05) is 5.75 Å². The quantitative estimate of drug-likeness (QED) is 0.447. The van der Waals surface area contributed by atoms with E-state index in [0.29, 0.717) is 11.7 Å². The van der Waals surface area contributed by atoms with Crippen molar-refractivity contribution in [3.63, 3.8) is 0 Å². The Morgan fingerprint density at radius 3 is 2.43 bits per heavy atom. The van der Waals surface area contributed by atoms with Crippen LogP contribution < -0.4 is 4.52 Å². The zero-order valence-corrected chi connectivity index (χ0v) is 16.0. The van der Waals surface area contributed by atoms with Crippen molar-refractivity contribution in [3.05, 3.63) is 29.8 Å². The van der Waals surface area contributed by atoms with Crippen LogP contribution in [0.5, 0.6) is 5.75 Å². The van der Waals surface area contributed by atoms with Gasteiger partial charge in [0.05, 0.1) is 12.7 Å². The van der Waals surface area contributed by atoms with E-state index in [1.165, 1.54) is 0 Å². The Kier molecular flexibility index (Phi) is 8.17. The summed E-state index contributed by atoms with van der Waals surface area (Å²) >= 11 is 1.14. The van der Waals surface area contributed by atoms with Crippen LogP contribution in [0.25, 0.3) is 0 Å². The van der Waals surface area contributed by atoms with Gasteiger partial charge in [0.1, 0.15) is 11.3 Å². The summed E-state index contributed by atoms with van der Waals surface area (Å²) in [6.07, 6.45) is -0.246. The van der Waals surface area contributed by atoms with Crippen molar-refractivity contribution in [2.45, 2.75) is 40.7 Å². The lowest BCUT2D eigenvalue weighted by Crippen LogP contribution is -2.13. The highest BCUT2D eigenvalue weighted by Gasteiger charge is 2.29. The highest BCUT2D eigenvalue weighted by molar-refractivity contribution is 8.55. The Hall–Kier alpha value is -0.970. The van der Waals surface area contributed by atoms with E-state index in [4.69, 9.17) is 13.8 Å². The molecule has 0 aliphatic carbocycles. The van der Waals surface area contributed by atoms with E-state index in [2.05, 4.69) is 0 Å². The van der Waals surface area contributed by atoms with Gasteiger partial charge in [-0.05, 0) is 50.2 Å². The standard InChI is InChI=1S/C16H25O5PS/c1-6-19-22(18,23-11-12(2)3)21-15-10-8-7-9-14(15)16(17)20-13(4)5/h7-10,12-13H,6,11H2,1-5H3. The summed E-state index contributed by atoms with van der Waals surface area (Å²) in [5.74, 6) is 0.688. The molecule has 0 aliphatic rings. The topological polar surface area (TPSA) is 61.8 Å². The van der Waals surface area contributed by atoms with Crippen LogP contribution >= 0.6 is 18.2 Å². The van der Waals surface area contributed by atoms with Gasteiger partial charge < -0.3 is 9.26 Å². The van der Waals surface area contributed by atoms with Crippen LogP contribution in [0.3, 0.4) is 0 Å². The van der Waals surface area contributed by atoms with E-state index in [9.17, 15) is 9.36 Å². The van der Waals surface area contributed by atoms with Gasteiger partial charge in [-0.1, -0.05) is 26.0 Å². The van der Waals surface area contributed by atoms with Crippen LogP contribution in [0.1, 0.15) is 45.0 Å². The number of hydrogen-bond donors (Lipinski definition) is 0. The highest BCUT2D eigenvalue weighted by atomic mass is 32.7. The van der Waals surface area contributed by atoms with Gasteiger partial charge in [0.25, 0.3) is 0 Å². The molecule has 23 heavy (non-hydrogen) atoms. The fourth-order valence-corrected chi connectivity index (χ4v) is 5.36. The molecule has 7 heteroatoms. The van der Waals surface area contributed by atoms with Gasteiger partial charge in [-0.2, -0.15) is 0 Å². The Bertz CT molecular complexity index is 559. The molecule has 1 rings (SSSR count). The minimum atomic E-state index is -3.39. The zero-order chi connectivity index (χ0) is 17.5. The first-order valence-electron chi connectivity index (χ1n) is 7.66. The molecular weight excluding hydrogens is 335 g/mol. The minimum absolute atomic E-state index is 0.214. The van der Waals surface area contributed by atoms with E-state index in [0.717, 1.165) is 11.4 Å². The van der Waals surface area contributed by atoms with Crippen molar-refractivity contribution in [1.29, 1.82) is 0 Å². The van der Waals surface area contributed by atoms with Gasteiger partial charge in [0.2, 0.25) is 0 Å². The lowest BCUT2D eigenvalue weighted by molar-refractivity contribution is 0.0376. The summed E-state index contributed by atoms with van der Waals surface area (Å²) in [7, 11) is 0. The first kappa shape index (κ1) is 20.1. The van der Waals surface area contributed by atoms with E-state index in [1.54, 1.807) is 45.0 Å². The molecule has 0 saturated carbocycles. The molecule has 0 spiro atoms. The van der Waals surface area contributed by atoms with Crippen LogP contribution in [0, 0.1) is 5.92 Å². The molecule has 0 aliphatic heterocycles. The van der Waals surface area contributed by atoms with Crippen molar-refractivity contribution in [1.82, 2.24) is 0 Å². The number of hydrogen-bond acceptors (Lipinski definition) is 6. The van der Waals surface area contributed by atoms with E-state index in [-0.39, 0.29) is 24.0 Å². The molecule has 0 bridgehead atoms. The third-order valence-corrected chi connectivity index (χ3v) is 6.58. The van der Waals surface area contributed by atoms with Crippen molar-refractivity contribution < 1.29 is 23.1 Å². The fourth-order valence-electron chi connectivity index (χ4n) is 1.60. The SMILES string of the molecule is CCOP(=O)(Oc1ccccc1C(=O)OC(C)C)SCC(C)C. The average molecular weight is 360 g/mol. The molecular formula is C16H25O5PS. The highest BCUT2D eigenvalue weighted by Crippen LogP contribution is 2.60. The molecule has 0 radical (unpaired) electrons. The number of ether oxygens (including phenoxy) is 1. The normalized spacial score (nSPS) is 13.9. The number of esters is 1. The van der Waals surface area contributed by atoms with Gasteiger partial charge in [-0.3, -0.25) is 4.52 Å². The number of benzene rings is 1. The minimum Gasteiger partial charge on any atom is -0.459 e. The van der Waals surface area contributed by atoms with E-state index in [1.807, 2.05) is 13.8 Å². The molecule has 1 unspecified atom stereocenters. The van der Waals surface area contributed by atoms with Crippen LogP contribution in [0.2, 0.25) is 0 Å². The number of carbonyl (C=O) groups excluding carboxylic acids is 1. The van der Waals surface area contributed by atoms with Crippen molar-refractivity contribution in [3.8, 4) is 5.75 Å². The third-order valence-electron chi connectivity index (χ3n) is 2.51. The largest absolute Gasteiger partial charge is 0.459 e. The Morgan fingerprint density at radius 1 is 1.22 bits per heavy atom. The number of carbonyl (C=O) groups is 1. The Balaban J connectivity index is 3.00. The first-order chi connectivity index (χ1) is 10.8. The molecule has 5 nitrogen and oxygen atoms in total. The molecule has 1 aromatic rings. The summed E-state index contributed by atoms with van der Waals surface area (Å²) in [5.41, 5.74) is 0.242. The number of para-hydroxylation sites is 1. The van der Waals surface area contributed by atoms with Crippen LogP contribution in [-0.4, -0.2) is 24.4 Å². The molecule has 1 aromatic carbocycles. The second-order valence-electron chi connectivity index (χ2n) is 5.60. The van der Waals surface area contributed by atoms with E-state index >= 15 is 0 Å². The average Bonchev–Trinajstić information content (AvgIpc) is 2.45. The van der Waals surface area contributed by atoms with Gasteiger partial charge in [-0.15, -0.1) is 0 Å². The third kappa shape index (κ3) is 6.98. The van der Waals surface area contributed by atoms with Crippen LogP contribution in [0.15, 0.2) is 24.3 Å². The first-order valence-corrected chi connectivity index (χ1v) is 10.8. The van der Waals surface area contributed by atoms with Crippen LogP contribution in [0.4, 0.5) is 0 Å². The van der Waals surface area contributed by atoms with Gasteiger partial charge in [-0.25, -0.2) is 9.36 Å². The molecule has 0 saturated heterocycles. The summed E-state index contributed by atoms with van der Waals surface area (Å²) in [5, 5.41) is 0. The lowest BCUT2D eigenvalue weighted by atomic mass is 10.2. The van der Waals surface area contributed by atoms with Crippen molar-refractivity contribution in [2.24, 2.45) is 5.92 Å². The molecule has 1 atom stereocenters. The zero-order valence-electron chi connectivity index (χ0n) is 14.3. The molecule has 0 fully saturated rings. The van der Waals surface area contributed by atoms with Crippen molar-refractivity contribution in [2.75, 3.05) is 12.4 Å². The second kappa shape index (κ2) is 9.36. The van der Waals surface area contributed by atoms with Crippen molar-refractivity contribution >= 4 is 24.1 Å². The molecule has 0 aromatic heterocycles. The monoisotopic (exact) mass is 360 g/mol. The summed E-state index contributed by atoms with van der Waals surface area (Å²) < 4.78 is 29.0. The maximum absolute atomic E-state index is 12.9. The Morgan fingerprint density at radius 2 is 1.87 bits per heavy atom. The van der Waals surface area contributed by atoms with Gasteiger partial charge >= 0.3 is 12.8 Å². The fraction of sp³-hybridized carbons (Fsp3) is 0.562. The predicted molar refractivity (Wildman–Crippen MR) is 94.2 cm³/mol. The summed E-state index contributed by atoms with van der Waals surface area (Å²) in [6.45, 7) is 6.22. The van der Waals surface area contributed by atoms with Gasteiger partial charge in [0.15, 0.2) is 0 Å². The maximum Gasteiger partial charge on any atom is 0.440 e. The summed E-state index contributed by atoms with van der Waals surface area (Å²) in [6, 6.07) is 6.60. The predicted octanol–water partition coefficient (Wildman–Crippen LogP) is 5.16. The van der Waals surface area contributed by atoms with Crippen LogP contribution in [-0.2, 0) is 13.8 Å². The molecule has 0 N–H and O–H groups in total. The summed E-state index contributed by atoms with van der Waals surface area (Å²) in [4.78, 5) is 12.1. The molecule has 130 valence electrons. The Labute approximate surface area is 142 Å². The maximum atomic E-state index is 12.9. The number of rotatable bonds is 9.